The van der Waals surface area contributed by atoms with Gasteiger partial charge in [-0.15, -0.1) is 0 Å². The highest BCUT2D eigenvalue weighted by atomic mass is 32.2. The molecule has 1 fully saturated rings. The zero-order valence-corrected chi connectivity index (χ0v) is 11.8. The van der Waals surface area contributed by atoms with Crippen molar-refractivity contribution in [3.63, 3.8) is 0 Å². The maximum atomic E-state index is 11.9. The first-order valence-corrected chi connectivity index (χ1v) is 7.66. The number of sulfone groups is 1. The van der Waals surface area contributed by atoms with Gasteiger partial charge < -0.3 is 10.6 Å². The summed E-state index contributed by atoms with van der Waals surface area (Å²) in [5, 5.41) is 5.99. The molecule has 0 spiro atoms. The summed E-state index contributed by atoms with van der Waals surface area (Å²) >= 11 is 0. The molecule has 100 valence electrons. The normalized spacial score (nSPS) is 25.9. The molecule has 1 amide bonds. The van der Waals surface area contributed by atoms with Gasteiger partial charge in [0.05, 0.1) is 0 Å². The molecule has 1 unspecified atom stereocenters. The Morgan fingerprint density at radius 2 is 2.06 bits per heavy atom. The van der Waals surface area contributed by atoms with Crippen molar-refractivity contribution in [2.24, 2.45) is 5.41 Å². The summed E-state index contributed by atoms with van der Waals surface area (Å²) in [5.41, 5.74) is 0.0310. The Kier molecular flexibility index (Phi) is 3.88. The molecule has 0 radical (unpaired) electrons. The van der Waals surface area contributed by atoms with Gasteiger partial charge in [-0.3, -0.25) is 4.79 Å². The van der Waals surface area contributed by atoms with Crippen molar-refractivity contribution in [2.45, 2.75) is 31.9 Å². The SMILES string of the molecule is CC1(CNC(=O)C(C)(C)S(C)(=O)=O)CCNC1. The molecule has 1 aliphatic heterocycles. The average Bonchev–Trinajstić information content (AvgIpc) is 2.60. The summed E-state index contributed by atoms with van der Waals surface area (Å²) in [5.74, 6) is -0.423. The summed E-state index contributed by atoms with van der Waals surface area (Å²) in [6, 6.07) is 0. The fourth-order valence-corrected chi connectivity index (χ4v) is 2.10. The second-order valence-electron chi connectivity index (χ2n) is 5.70. The Balaban J connectivity index is 2.61. The van der Waals surface area contributed by atoms with E-state index in [0.717, 1.165) is 25.8 Å². The first-order chi connectivity index (χ1) is 7.58. The first kappa shape index (κ1) is 14.4. The van der Waals surface area contributed by atoms with Gasteiger partial charge in [0.15, 0.2) is 9.84 Å². The highest BCUT2D eigenvalue weighted by molar-refractivity contribution is 7.92. The highest BCUT2D eigenvalue weighted by Crippen LogP contribution is 2.24. The van der Waals surface area contributed by atoms with E-state index in [-0.39, 0.29) is 5.41 Å². The third-order valence-electron chi connectivity index (χ3n) is 3.61. The standard InChI is InChI=1S/C11H22N2O3S/c1-10(2,17(4,15)16)9(14)13-8-11(3)5-6-12-7-11/h12H,5-8H2,1-4H3,(H,13,14). The van der Waals surface area contributed by atoms with Crippen LogP contribution in [-0.4, -0.2) is 45.0 Å². The lowest BCUT2D eigenvalue weighted by Gasteiger charge is -2.27. The number of hydrogen-bond acceptors (Lipinski definition) is 4. The molecule has 17 heavy (non-hydrogen) atoms. The molecule has 1 aliphatic rings. The quantitative estimate of drug-likeness (QED) is 0.743. The lowest BCUT2D eigenvalue weighted by molar-refractivity contribution is -0.123. The molecule has 1 saturated heterocycles. The van der Waals surface area contributed by atoms with E-state index in [2.05, 4.69) is 17.6 Å². The van der Waals surface area contributed by atoms with Crippen LogP contribution in [0, 0.1) is 5.41 Å². The van der Waals surface area contributed by atoms with Gasteiger partial charge in [0.25, 0.3) is 0 Å². The van der Waals surface area contributed by atoms with Crippen LogP contribution in [0.2, 0.25) is 0 Å². The van der Waals surface area contributed by atoms with Crippen LogP contribution in [-0.2, 0) is 14.6 Å². The van der Waals surface area contributed by atoms with E-state index in [4.69, 9.17) is 0 Å². The van der Waals surface area contributed by atoms with Crippen LogP contribution < -0.4 is 10.6 Å². The Hall–Kier alpha value is -0.620. The third-order valence-corrected chi connectivity index (χ3v) is 5.65. The van der Waals surface area contributed by atoms with Gasteiger partial charge in [0, 0.05) is 19.3 Å². The lowest BCUT2D eigenvalue weighted by Crippen LogP contribution is -2.50. The van der Waals surface area contributed by atoms with E-state index in [1.54, 1.807) is 0 Å². The Bertz CT molecular complexity index is 395. The fraction of sp³-hybridized carbons (Fsp3) is 0.909. The zero-order chi connectivity index (χ0) is 13.3. The zero-order valence-electron chi connectivity index (χ0n) is 11.0. The largest absolute Gasteiger partial charge is 0.354 e. The molecule has 0 aliphatic carbocycles. The minimum absolute atomic E-state index is 0.0310. The summed E-state index contributed by atoms with van der Waals surface area (Å²) in [6.07, 6.45) is 2.08. The van der Waals surface area contributed by atoms with Crippen molar-refractivity contribution in [1.29, 1.82) is 0 Å². The summed E-state index contributed by atoms with van der Waals surface area (Å²) < 4.78 is 21.6. The monoisotopic (exact) mass is 262 g/mol. The molecule has 0 saturated carbocycles. The van der Waals surface area contributed by atoms with Gasteiger partial charge in [-0.05, 0) is 32.2 Å². The topological polar surface area (TPSA) is 75.3 Å². The molecule has 1 heterocycles. The first-order valence-electron chi connectivity index (χ1n) is 5.77. The van der Waals surface area contributed by atoms with Crippen molar-refractivity contribution >= 4 is 15.7 Å². The van der Waals surface area contributed by atoms with Gasteiger partial charge in [0.1, 0.15) is 4.75 Å². The van der Waals surface area contributed by atoms with Crippen molar-refractivity contribution < 1.29 is 13.2 Å². The van der Waals surface area contributed by atoms with Crippen LogP contribution in [0.15, 0.2) is 0 Å². The molecule has 1 rings (SSSR count). The van der Waals surface area contributed by atoms with Crippen LogP contribution in [0.1, 0.15) is 27.2 Å². The van der Waals surface area contributed by atoms with E-state index < -0.39 is 20.5 Å². The van der Waals surface area contributed by atoms with Gasteiger partial charge in [-0.2, -0.15) is 0 Å². The van der Waals surface area contributed by atoms with Crippen LogP contribution in [0.3, 0.4) is 0 Å². The fourth-order valence-electron chi connectivity index (χ4n) is 1.69. The molecule has 0 aromatic carbocycles. The van der Waals surface area contributed by atoms with E-state index in [9.17, 15) is 13.2 Å². The van der Waals surface area contributed by atoms with E-state index in [0.29, 0.717) is 6.54 Å². The predicted molar refractivity (Wildman–Crippen MR) is 67.5 cm³/mol. The molecule has 0 aromatic heterocycles. The second kappa shape index (κ2) is 4.57. The Morgan fingerprint density at radius 3 is 2.47 bits per heavy atom. The summed E-state index contributed by atoms with van der Waals surface area (Å²) in [7, 11) is -3.39. The van der Waals surface area contributed by atoms with Crippen molar-refractivity contribution in [3.05, 3.63) is 0 Å². The summed E-state index contributed by atoms with van der Waals surface area (Å²) in [4.78, 5) is 11.9. The smallest absolute Gasteiger partial charge is 0.240 e. The van der Waals surface area contributed by atoms with E-state index in [1.807, 2.05) is 0 Å². The van der Waals surface area contributed by atoms with Crippen molar-refractivity contribution in [1.82, 2.24) is 10.6 Å². The van der Waals surface area contributed by atoms with Crippen LogP contribution >= 0.6 is 0 Å². The van der Waals surface area contributed by atoms with Gasteiger partial charge in [0.2, 0.25) is 5.91 Å². The number of carbonyl (C=O) groups is 1. The molecular formula is C11H22N2O3S. The van der Waals surface area contributed by atoms with E-state index >= 15 is 0 Å². The Labute approximate surface area is 103 Å². The van der Waals surface area contributed by atoms with Crippen molar-refractivity contribution in [3.8, 4) is 0 Å². The van der Waals surface area contributed by atoms with Gasteiger partial charge in [-0.1, -0.05) is 6.92 Å². The van der Waals surface area contributed by atoms with Crippen molar-refractivity contribution in [2.75, 3.05) is 25.9 Å². The molecule has 1 atom stereocenters. The predicted octanol–water partition coefficient (Wildman–Crippen LogP) is -0.0746. The number of hydrogen-bond donors (Lipinski definition) is 2. The molecule has 0 aromatic rings. The van der Waals surface area contributed by atoms with Crippen LogP contribution in [0.25, 0.3) is 0 Å². The molecule has 0 bridgehead atoms. The number of nitrogens with one attached hydrogen (secondary N) is 2. The maximum absolute atomic E-state index is 11.9. The minimum atomic E-state index is -3.39. The van der Waals surface area contributed by atoms with E-state index in [1.165, 1.54) is 13.8 Å². The molecule has 5 nitrogen and oxygen atoms in total. The maximum Gasteiger partial charge on any atom is 0.240 e. The molecule has 2 N–H and O–H groups in total. The average molecular weight is 262 g/mol. The van der Waals surface area contributed by atoms with Gasteiger partial charge in [-0.25, -0.2) is 8.42 Å². The summed E-state index contributed by atoms with van der Waals surface area (Å²) in [6.45, 7) is 7.27. The highest BCUT2D eigenvalue weighted by Gasteiger charge is 2.39. The lowest BCUT2D eigenvalue weighted by atomic mass is 9.90. The molecular weight excluding hydrogens is 240 g/mol. The van der Waals surface area contributed by atoms with Crippen LogP contribution in [0.4, 0.5) is 0 Å². The number of carbonyl (C=O) groups excluding carboxylic acids is 1. The van der Waals surface area contributed by atoms with Gasteiger partial charge >= 0.3 is 0 Å². The minimum Gasteiger partial charge on any atom is -0.354 e. The molecule has 6 heteroatoms. The van der Waals surface area contributed by atoms with Crippen LogP contribution in [0.5, 0.6) is 0 Å². The third kappa shape index (κ3) is 3.19. The Morgan fingerprint density at radius 1 is 1.47 bits per heavy atom. The number of rotatable bonds is 4. The second-order valence-corrected chi connectivity index (χ2v) is 8.27. The number of amides is 1.